The van der Waals surface area contributed by atoms with E-state index >= 15 is 0 Å². The first kappa shape index (κ1) is 14.3. The number of carbonyl (C=O) groups excluding carboxylic acids is 2. The molecule has 3 amide bonds. The molecule has 5 nitrogen and oxygen atoms in total. The van der Waals surface area contributed by atoms with Crippen LogP contribution in [0.5, 0.6) is 5.75 Å². The van der Waals surface area contributed by atoms with Crippen molar-refractivity contribution in [3.8, 4) is 5.75 Å². The molecule has 0 bridgehead atoms. The highest BCUT2D eigenvalue weighted by molar-refractivity contribution is 6.28. The Labute approximate surface area is 111 Å². The molecule has 0 spiro atoms. The predicted octanol–water partition coefficient (Wildman–Crippen LogP) is 1.60. The monoisotopic (exact) mass is 270 g/mol. The maximum atomic E-state index is 11.6. The van der Waals surface area contributed by atoms with Crippen LogP contribution in [0.2, 0.25) is 0 Å². The van der Waals surface area contributed by atoms with Crippen molar-refractivity contribution >= 4 is 23.5 Å². The van der Waals surface area contributed by atoms with Gasteiger partial charge in [-0.25, -0.2) is 4.79 Å². The standard InChI is InChI=1S/C12H15ClN2O3/c1-15(12(17)14-11(16)7-13)8-9-3-5-10(18-2)6-4-9/h3-6H,7-8H2,1-2H3,(H,14,16,17). The molecule has 1 aromatic carbocycles. The number of imide groups is 1. The Morgan fingerprint density at radius 2 is 1.94 bits per heavy atom. The Morgan fingerprint density at radius 3 is 2.44 bits per heavy atom. The number of methoxy groups -OCH3 is 1. The van der Waals surface area contributed by atoms with Crippen molar-refractivity contribution in [1.29, 1.82) is 0 Å². The summed E-state index contributed by atoms with van der Waals surface area (Å²) >= 11 is 5.30. The fraction of sp³-hybridized carbons (Fsp3) is 0.333. The van der Waals surface area contributed by atoms with E-state index in [4.69, 9.17) is 16.3 Å². The van der Waals surface area contributed by atoms with Gasteiger partial charge in [0.15, 0.2) is 0 Å². The van der Waals surface area contributed by atoms with Gasteiger partial charge in [-0.15, -0.1) is 11.6 Å². The molecule has 0 fully saturated rings. The number of halogens is 1. The largest absolute Gasteiger partial charge is 0.497 e. The SMILES string of the molecule is COc1ccc(CN(C)C(=O)NC(=O)CCl)cc1. The number of hydrogen-bond donors (Lipinski definition) is 1. The average Bonchev–Trinajstić information content (AvgIpc) is 2.39. The van der Waals surface area contributed by atoms with Gasteiger partial charge in [0, 0.05) is 13.6 Å². The summed E-state index contributed by atoms with van der Waals surface area (Å²) in [5.74, 6) is 0.00804. The number of carbonyl (C=O) groups is 2. The summed E-state index contributed by atoms with van der Waals surface area (Å²) in [6, 6.07) is 6.85. The number of rotatable bonds is 4. The fourth-order valence-electron chi connectivity index (χ4n) is 1.32. The van der Waals surface area contributed by atoms with Crippen LogP contribution >= 0.6 is 11.6 Å². The predicted molar refractivity (Wildman–Crippen MR) is 68.7 cm³/mol. The van der Waals surface area contributed by atoms with Gasteiger partial charge in [0.1, 0.15) is 11.6 Å². The molecule has 0 atom stereocenters. The zero-order chi connectivity index (χ0) is 13.5. The van der Waals surface area contributed by atoms with Crippen LogP contribution < -0.4 is 10.1 Å². The van der Waals surface area contributed by atoms with Crippen LogP contribution in [0.15, 0.2) is 24.3 Å². The summed E-state index contributed by atoms with van der Waals surface area (Å²) in [7, 11) is 3.19. The minimum atomic E-state index is -0.511. The van der Waals surface area contributed by atoms with Gasteiger partial charge in [-0.3, -0.25) is 10.1 Å². The lowest BCUT2D eigenvalue weighted by Crippen LogP contribution is -2.40. The van der Waals surface area contributed by atoms with Gasteiger partial charge in [-0.1, -0.05) is 12.1 Å². The smallest absolute Gasteiger partial charge is 0.324 e. The number of hydrogen-bond acceptors (Lipinski definition) is 3. The van der Waals surface area contributed by atoms with Crippen LogP contribution in [0.3, 0.4) is 0 Å². The lowest BCUT2D eigenvalue weighted by Gasteiger charge is -2.17. The summed E-state index contributed by atoms with van der Waals surface area (Å²) in [6.07, 6.45) is 0. The molecule has 18 heavy (non-hydrogen) atoms. The van der Waals surface area contributed by atoms with Gasteiger partial charge in [0.05, 0.1) is 7.11 Å². The van der Waals surface area contributed by atoms with Crippen LogP contribution in [-0.4, -0.2) is 36.9 Å². The number of amides is 3. The molecule has 1 rings (SSSR count). The minimum absolute atomic E-state index is 0.234. The molecule has 0 unspecified atom stereocenters. The van der Waals surface area contributed by atoms with E-state index in [1.54, 1.807) is 14.2 Å². The summed E-state index contributed by atoms with van der Waals surface area (Å²) in [5.41, 5.74) is 0.937. The van der Waals surface area contributed by atoms with E-state index in [0.29, 0.717) is 6.54 Å². The molecule has 0 saturated heterocycles. The summed E-state index contributed by atoms with van der Waals surface area (Å²) in [5, 5.41) is 2.16. The number of alkyl halides is 1. The molecule has 0 aliphatic carbocycles. The van der Waals surface area contributed by atoms with Gasteiger partial charge in [-0.2, -0.15) is 0 Å². The Balaban J connectivity index is 2.55. The number of nitrogens with zero attached hydrogens (tertiary/aromatic N) is 1. The first-order chi connectivity index (χ1) is 8.56. The van der Waals surface area contributed by atoms with E-state index in [0.717, 1.165) is 11.3 Å². The van der Waals surface area contributed by atoms with Crippen molar-refractivity contribution in [2.24, 2.45) is 0 Å². The van der Waals surface area contributed by atoms with E-state index < -0.39 is 11.9 Å². The highest BCUT2D eigenvalue weighted by Gasteiger charge is 2.11. The second kappa shape index (κ2) is 6.86. The van der Waals surface area contributed by atoms with E-state index in [9.17, 15) is 9.59 Å². The quantitative estimate of drug-likeness (QED) is 0.846. The normalized spacial score (nSPS) is 9.72. The van der Waals surface area contributed by atoms with E-state index in [-0.39, 0.29) is 5.88 Å². The molecule has 98 valence electrons. The topological polar surface area (TPSA) is 58.6 Å². The van der Waals surface area contributed by atoms with Gasteiger partial charge >= 0.3 is 6.03 Å². The first-order valence-electron chi connectivity index (χ1n) is 5.30. The van der Waals surface area contributed by atoms with Crippen molar-refractivity contribution in [3.63, 3.8) is 0 Å². The molecule has 1 N–H and O–H groups in total. The molecule has 0 aliphatic rings. The molecule has 0 saturated carbocycles. The van der Waals surface area contributed by atoms with Crippen molar-refractivity contribution in [3.05, 3.63) is 29.8 Å². The zero-order valence-electron chi connectivity index (χ0n) is 10.3. The lowest BCUT2D eigenvalue weighted by atomic mass is 10.2. The third-order valence-corrected chi connectivity index (χ3v) is 2.54. The lowest BCUT2D eigenvalue weighted by molar-refractivity contribution is -0.117. The number of nitrogens with one attached hydrogen (secondary N) is 1. The van der Waals surface area contributed by atoms with Gasteiger partial charge in [0.25, 0.3) is 0 Å². The Morgan fingerprint density at radius 1 is 1.33 bits per heavy atom. The molecule has 1 aromatic rings. The summed E-state index contributed by atoms with van der Waals surface area (Å²) in [4.78, 5) is 23.9. The molecule has 0 radical (unpaired) electrons. The molecule has 6 heteroatoms. The van der Waals surface area contributed by atoms with E-state index in [1.807, 2.05) is 24.3 Å². The van der Waals surface area contributed by atoms with Crippen molar-refractivity contribution < 1.29 is 14.3 Å². The molecular formula is C12H15ClN2O3. The van der Waals surface area contributed by atoms with Crippen LogP contribution in [-0.2, 0) is 11.3 Å². The zero-order valence-corrected chi connectivity index (χ0v) is 11.0. The molecular weight excluding hydrogens is 256 g/mol. The van der Waals surface area contributed by atoms with Crippen LogP contribution in [0.4, 0.5) is 4.79 Å². The van der Waals surface area contributed by atoms with Crippen LogP contribution in [0.1, 0.15) is 5.56 Å². The third kappa shape index (κ3) is 4.25. The van der Waals surface area contributed by atoms with Gasteiger partial charge < -0.3 is 9.64 Å². The van der Waals surface area contributed by atoms with Gasteiger partial charge in [-0.05, 0) is 17.7 Å². The Kier molecular flexibility index (Phi) is 5.45. The summed E-state index contributed by atoms with van der Waals surface area (Å²) in [6.45, 7) is 0.394. The highest BCUT2D eigenvalue weighted by atomic mass is 35.5. The maximum absolute atomic E-state index is 11.6. The van der Waals surface area contributed by atoms with Crippen molar-refractivity contribution in [1.82, 2.24) is 10.2 Å². The Hall–Kier alpha value is -1.75. The van der Waals surface area contributed by atoms with Gasteiger partial charge in [0.2, 0.25) is 5.91 Å². The number of benzene rings is 1. The maximum Gasteiger partial charge on any atom is 0.324 e. The van der Waals surface area contributed by atoms with Crippen molar-refractivity contribution in [2.45, 2.75) is 6.54 Å². The third-order valence-electron chi connectivity index (χ3n) is 2.29. The first-order valence-corrected chi connectivity index (χ1v) is 5.84. The minimum Gasteiger partial charge on any atom is -0.497 e. The van der Waals surface area contributed by atoms with E-state index in [2.05, 4.69) is 5.32 Å². The van der Waals surface area contributed by atoms with Crippen molar-refractivity contribution in [2.75, 3.05) is 20.0 Å². The highest BCUT2D eigenvalue weighted by Crippen LogP contribution is 2.12. The number of urea groups is 1. The number of ether oxygens (including phenoxy) is 1. The van der Waals surface area contributed by atoms with E-state index in [1.165, 1.54) is 4.90 Å². The van der Waals surface area contributed by atoms with Crippen LogP contribution in [0, 0.1) is 0 Å². The molecule has 0 aromatic heterocycles. The Bertz CT molecular complexity index is 420. The summed E-state index contributed by atoms with van der Waals surface area (Å²) < 4.78 is 5.04. The molecule has 0 heterocycles. The van der Waals surface area contributed by atoms with Crippen LogP contribution in [0.25, 0.3) is 0 Å². The fourth-order valence-corrected chi connectivity index (χ4v) is 1.39. The average molecular weight is 271 g/mol. The second-order valence-corrected chi connectivity index (χ2v) is 3.96. The molecule has 0 aliphatic heterocycles. The second-order valence-electron chi connectivity index (χ2n) is 3.69.